The van der Waals surface area contributed by atoms with Gasteiger partial charge in [0.05, 0.1) is 5.75 Å². The van der Waals surface area contributed by atoms with Crippen molar-refractivity contribution in [2.75, 3.05) is 17.3 Å². The third-order valence-corrected chi connectivity index (χ3v) is 6.83. The second-order valence-corrected chi connectivity index (χ2v) is 8.98. The van der Waals surface area contributed by atoms with E-state index in [1.165, 1.54) is 13.0 Å². The second-order valence-electron chi connectivity index (χ2n) is 4.67. The van der Waals surface area contributed by atoms with Gasteiger partial charge in [-0.3, -0.25) is 10.1 Å². The fourth-order valence-corrected chi connectivity index (χ4v) is 4.08. The van der Waals surface area contributed by atoms with Crippen LogP contribution >= 0.6 is 23.1 Å². The average Bonchev–Trinajstić information content (AvgIpc) is 3.09. The molecule has 0 radical (unpaired) electrons. The van der Waals surface area contributed by atoms with Gasteiger partial charge >= 0.3 is 0 Å². The van der Waals surface area contributed by atoms with E-state index in [2.05, 4.69) is 15.5 Å². The maximum Gasteiger partial charge on any atom is 0.268 e. The lowest BCUT2D eigenvalue weighted by Gasteiger charge is -2.00. The predicted octanol–water partition coefficient (Wildman–Crippen LogP) is 2.60. The summed E-state index contributed by atoms with van der Waals surface area (Å²) in [6, 6.07) is 9.20. The molecule has 0 spiro atoms. The highest BCUT2D eigenvalue weighted by Gasteiger charge is 2.19. The average molecular weight is 395 g/mol. The van der Waals surface area contributed by atoms with Crippen molar-refractivity contribution in [1.29, 1.82) is 5.26 Å². The number of anilines is 1. The Kier molecular flexibility index (Phi) is 6.30. The first kappa shape index (κ1) is 19.1. The van der Waals surface area contributed by atoms with Crippen molar-refractivity contribution in [3.63, 3.8) is 0 Å². The molecule has 0 unspecified atom stereocenters. The highest BCUT2D eigenvalue weighted by Crippen LogP contribution is 2.22. The van der Waals surface area contributed by atoms with E-state index in [0.717, 1.165) is 16.2 Å². The quantitative estimate of drug-likeness (QED) is 0.347. The lowest BCUT2D eigenvalue weighted by molar-refractivity contribution is -0.112. The van der Waals surface area contributed by atoms with Gasteiger partial charge in [0.2, 0.25) is 19.3 Å². The number of nitriles is 1. The molecule has 10 heteroatoms. The van der Waals surface area contributed by atoms with Gasteiger partial charge in [-0.2, -0.15) is 5.26 Å². The summed E-state index contributed by atoms with van der Waals surface area (Å²) in [6.07, 6.45) is 3.40. The van der Waals surface area contributed by atoms with Gasteiger partial charge in [-0.15, -0.1) is 22.0 Å². The molecule has 0 atom stereocenters. The van der Waals surface area contributed by atoms with Crippen LogP contribution in [-0.4, -0.2) is 36.5 Å². The maximum absolute atomic E-state index is 12.2. The number of rotatable bonds is 6. The van der Waals surface area contributed by atoms with Crippen molar-refractivity contribution < 1.29 is 13.2 Å². The molecular formula is C15H14N4O3S3. The van der Waals surface area contributed by atoms with Gasteiger partial charge in [0.25, 0.3) is 5.91 Å². The van der Waals surface area contributed by atoms with Gasteiger partial charge in [0.1, 0.15) is 11.6 Å². The van der Waals surface area contributed by atoms with Crippen molar-refractivity contribution >= 4 is 50.1 Å². The van der Waals surface area contributed by atoms with Crippen molar-refractivity contribution in [3.05, 3.63) is 35.4 Å². The van der Waals surface area contributed by atoms with Crippen LogP contribution in [0.4, 0.5) is 5.13 Å². The first-order valence-corrected chi connectivity index (χ1v) is 10.7. The molecule has 7 nitrogen and oxygen atoms in total. The highest BCUT2D eigenvalue weighted by atomic mass is 32.2. The van der Waals surface area contributed by atoms with E-state index in [4.69, 9.17) is 0 Å². The zero-order chi connectivity index (χ0) is 18.4. The molecule has 2 rings (SSSR count). The number of sulfone groups is 1. The minimum Gasteiger partial charge on any atom is -0.296 e. The fraction of sp³-hybridized carbons (Fsp3) is 0.200. The van der Waals surface area contributed by atoms with Crippen LogP contribution in [0.15, 0.2) is 39.1 Å². The number of carbonyl (C=O) groups excluding carboxylic acids is 1. The van der Waals surface area contributed by atoms with E-state index in [-0.39, 0.29) is 20.8 Å². The molecule has 2 aromatic rings. The van der Waals surface area contributed by atoms with Crippen LogP contribution < -0.4 is 5.32 Å². The fourth-order valence-electron chi connectivity index (χ4n) is 1.69. The summed E-state index contributed by atoms with van der Waals surface area (Å²) in [5.74, 6) is -0.779. The Bertz CT molecular complexity index is 941. The Hall–Kier alpha value is -2.22. The van der Waals surface area contributed by atoms with Crippen LogP contribution in [0.25, 0.3) is 6.08 Å². The van der Waals surface area contributed by atoms with Gasteiger partial charge in [0, 0.05) is 4.90 Å². The Balaban J connectivity index is 2.17. The third kappa shape index (κ3) is 4.88. The van der Waals surface area contributed by atoms with Gasteiger partial charge in [-0.05, 0) is 30.0 Å². The largest absolute Gasteiger partial charge is 0.296 e. The Labute approximate surface area is 153 Å². The predicted molar refractivity (Wildman–Crippen MR) is 98.1 cm³/mol. The zero-order valence-electron chi connectivity index (χ0n) is 13.4. The van der Waals surface area contributed by atoms with Gasteiger partial charge < -0.3 is 0 Å². The van der Waals surface area contributed by atoms with Crippen molar-refractivity contribution in [2.24, 2.45) is 0 Å². The molecule has 130 valence electrons. The van der Waals surface area contributed by atoms with E-state index in [1.807, 2.05) is 24.5 Å². The van der Waals surface area contributed by atoms with Crippen LogP contribution in [-0.2, 0) is 14.6 Å². The number of benzene rings is 1. The SMILES string of the molecule is CCS(=O)(=O)c1nnc(NC(=O)C(C#N)=Cc2ccc(SC)cc2)s1. The van der Waals surface area contributed by atoms with Gasteiger partial charge in [-0.1, -0.05) is 30.4 Å². The molecular weight excluding hydrogens is 380 g/mol. The number of aromatic nitrogens is 2. The molecule has 1 N–H and O–H groups in total. The molecule has 0 aliphatic heterocycles. The van der Waals surface area contributed by atoms with Gasteiger partial charge in [0.15, 0.2) is 0 Å². The second kappa shape index (κ2) is 8.24. The van der Waals surface area contributed by atoms with Crippen LogP contribution in [0.5, 0.6) is 0 Å². The third-order valence-electron chi connectivity index (χ3n) is 3.06. The summed E-state index contributed by atoms with van der Waals surface area (Å²) < 4.78 is 23.3. The minimum atomic E-state index is -3.48. The molecule has 0 saturated carbocycles. The molecule has 0 saturated heterocycles. The van der Waals surface area contributed by atoms with Crippen LogP contribution in [0.3, 0.4) is 0 Å². The number of hydrogen-bond donors (Lipinski definition) is 1. The van der Waals surface area contributed by atoms with Crippen molar-refractivity contribution in [2.45, 2.75) is 16.2 Å². The molecule has 0 aliphatic carbocycles. The molecule has 1 aromatic heterocycles. The summed E-state index contributed by atoms with van der Waals surface area (Å²) in [5, 5.41) is 18.8. The lowest BCUT2D eigenvalue weighted by Crippen LogP contribution is -2.13. The Morgan fingerprint density at radius 1 is 1.36 bits per heavy atom. The van der Waals surface area contributed by atoms with E-state index in [9.17, 15) is 18.5 Å². The topological polar surface area (TPSA) is 113 Å². The Morgan fingerprint density at radius 3 is 2.60 bits per heavy atom. The number of thioether (sulfide) groups is 1. The molecule has 25 heavy (non-hydrogen) atoms. The summed E-state index contributed by atoms with van der Waals surface area (Å²) in [6.45, 7) is 1.49. The first-order chi connectivity index (χ1) is 11.9. The number of nitrogens with zero attached hydrogens (tertiary/aromatic N) is 3. The minimum absolute atomic E-state index is 0.0240. The zero-order valence-corrected chi connectivity index (χ0v) is 15.8. The number of hydrogen-bond acceptors (Lipinski definition) is 8. The smallest absolute Gasteiger partial charge is 0.268 e. The summed E-state index contributed by atoms with van der Waals surface area (Å²) >= 11 is 2.34. The first-order valence-electron chi connectivity index (χ1n) is 7.03. The van der Waals surface area contributed by atoms with E-state index in [1.54, 1.807) is 23.9 Å². The summed E-state index contributed by atoms with van der Waals surface area (Å²) in [4.78, 5) is 13.3. The van der Waals surface area contributed by atoms with E-state index in [0.29, 0.717) is 5.56 Å². The maximum atomic E-state index is 12.2. The molecule has 1 aromatic carbocycles. The number of nitrogens with one attached hydrogen (secondary N) is 1. The van der Waals surface area contributed by atoms with E-state index >= 15 is 0 Å². The normalized spacial score (nSPS) is 11.8. The molecule has 0 fully saturated rings. The Morgan fingerprint density at radius 2 is 2.04 bits per heavy atom. The molecule has 1 heterocycles. The molecule has 0 bridgehead atoms. The number of carbonyl (C=O) groups is 1. The molecule has 0 aliphatic rings. The van der Waals surface area contributed by atoms with E-state index < -0.39 is 15.7 Å². The molecule has 1 amide bonds. The monoisotopic (exact) mass is 394 g/mol. The highest BCUT2D eigenvalue weighted by molar-refractivity contribution is 7.98. The van der Waals surface area contributed by atoms with Crippen molar-refractivity contribution in [3.8, 4) is 6.07 Å². The lowest BCUT2D eigenvalue weighted by atomic mass is 10.1. The van der Waals surface area contributed by atoms with Gasteiger partial charge in [-0.25, -0.2) is 8.42 Å². The standard InChI is InChI=1S/C15H14N4O3S3/c1-3-25(21,22)15-19-18-14(24-15)17-13(20)11(9-16)8-10-4-6-12(23-2)7-5-10/h4-8H,3H2,1-2H3,(H,17,18,20). The van der Waals surface area contributed by atoms with Crippen molar-refractivity contribution in [1.82, 2.24) is 10.2 Å². The number of amides is 1. The summed E-state index contributed by atoms with van der Waals surface area (Å²) in [5.41, 5.74) is 0.586. The van der Waals surface area contributed by atoms with Crippen LogP contribution in [0.1, 0.15) is 12.5 Å². The van der Waals surface area contributed by atoms with Crippen LogP contribution in [0, 0.1) is 11.3 Å². The van der Waals surface area contributed by atoms with Crippen LogP contribution in [0.2, 0.25) is 0 Å². The summed E-state index contributed by atoms with van der Waals surface area (Å²) in [7, 11) is -3.48.